The van der Waals surface area contributed by atoms with E-state index in [9.17, 15) is 14.7 Å². The molecule has 0 aliphatic heterocycles. The zero-order chi connectivity index (χ0) is 15.6. The van der Waals surface area contributed by atoms with Crippen LogP contribution in [0, 0.1) is 5.41 Å². The minimum absolute atomic E-state index is 0.186. The van der Waals surface area contributed by atoms with Gasteiger partial charge in [0.1, 0.15) is 19.3 Å². The summed E-state index contributed by atoms with van der Waals surface area (Å²) in [6.45, 7) is 6.86. The molecule has 0 fully saturated rings. The van der Waals surface area contributed by atoms with Crippen LogP contribution in [-0.2, 0) is 19.1 Å². The molecule has 1 atom stereocenters. The number of carbonyl (C=O) groups excluding carboxylic acids is 2. The van der Waals surface area contributed by atoms with Crippen LogP contribution in [0.25, 0.3) is 0 Å². The third-order valence-corrected chi connectivity index (χ3v) is 2.80. The van der Waals surface area contributed by atoms with Crippen LogP contribution in [0.3, 0.4) is 0 Å². The van der Waals surface area contributed by atoms with Crippen LogP contribution in [0.5, 0.6) is 0 Å². The van der Waals surface area contributed by atoms with Crippen LogP contribution < -0.4 is 0 Å². The Labute approximate surface area is 120 Å². The van der Waals surface area contributed by atoms with Crippen molar-refractivity contribution in [3.63, 3.8) is 0 Å². The van der Waals surface area contributed by atoms with Gasteiger partial charge >= 0.3 is 11.9 Å². The Morgan fingerprint density at radius 3 is 2.35 bits per heavy atom. The van der Waals surface area contributed by atoms with Crippen molar-refractivity contribution in [3.8, 4) is 0 Å². The summed E-state index contributed by atoms with van der Waals surface area (Å²) in [5, 5.41) is 9.56. The van der Waals surface area contributed by atoms with Crippen LogP contribution in [0.15, 0.2) is 24.3 Å². The van der Waals surface area contributed by atoms with E-state index in [0.29, 0.717) is 6.42 Å². The predicted octanol–water partition coefficient (Wildman–Crippen LogP) is 2.00. The topological polar surface area (TPSA) is 72.8 Å². The molecule has 0 spiro atoms. The number of carbonyl (C=O) groups is 2. The maximum Gasteiger partial charge on any atom is 0.330 e. The lowest BCUT2D eigenvalue weighted by molar-refractivity contribution is -0.159. The summed E-state index contributed by atoms with van der Waals surface area (Å²) in [6, 6.07) is 0. The second-order valence-corrected chi connectivity index (χ2v) is 5.00. The average molecular weight is 284 g/mol. The summed E-state index contributed by atoms with van der Waals surface area (Å²) in [4.78, 5) is 22.9. The fraction of sp³-hybridized carbons (Fsp3) is 0.600. The van der Waals surface area contributed by atoms with E-state index in [2.05, 4.69) is 0 Å². The van der Waals surface area contributed by atoms with Gasteiger partial charge in [0, 0.05) is 6.08 Å². The van der Waals surface area contributed by atoms with Gasteiger partial charge in [0.05, 0.1) is 5.41 Å². The molecule has 0 saturated carbocycles. The number of hydrogen-bond acceptors (Lipinski definition) is 5. The molecular weight excluding hydrogens is 260 g/mol. The van der Waals surface area contributed by atoms with E-state index in [4.69, 9.17) is 9.47 Å². The van der Waals surface area contributed by atoms with Gasteiger partial charge in [-0.1, -0.05) is 25.2 Å². The highest BCUT2D eigenvalue weighted by Crippen LogP contribution is 2.21. The van der Waals surface area contributed by atoms with E-state index in [1.165, 1.54) is 6.08 Å². The minimum atomic E-state index is -1.02. The molecule has 0 heterocycles. The largest absolute Gasteiger partial charge is 0.462 e. The second-order valence-electron chi connectivity index (χ2n) is 5.00. The van der Waals surface area contributed by atoms with E-state index in [1.54, 1.807) is 32.1 Å². The van der Waals surface area contributed by atoms with Crippen molar-refractivity contribution < 1.29 is 24.2 Å². The summed E-state index contributed by atoms with van der Waals surface area (Å²) >= 11 is 0. The molecule has 1 unspecified atom stereocenters. The number of ether oxygens (including phenoxy) is 2. The molecule has 0 saturated heterocycles. The van der Waals surface area contributed by atoms with Crippen LogP contribution >= 0.6 is 0 Å². The normalized spacial score (nSPS) is 13.7. The molecular formula is C15H24O5. The fourth-order valence-electron chi connectivity index (χ4n) is 1.03. The van der Waals surface area contributed by atoms with Crippen LogP contribution in [0.1, 0.15) is 34.1 Å². The first-order valence-electron chi connectivity index (χ1n) is 6.65. The van der Waals surface area contributed by atoms with Gasteiger partial charge in [-0.3, -0.25) is 4.79 Å². The number of aliphatic hydroxyl groups excluding tert-OH is 1. The summed E-state index contributed by atoms with van der Waals surface area (Å²) in [5.74, 6) is -0.930. The lowest BCUT2D eigenvalue weighted by atomic mass is 9.91. The molecule has 0 amide bonds. The highest BCUT2D eigenvalue weighted by atomic mass is 16.6. The monoisotopic (exact) mass is 284 g/mol. The number of allylic oxidation sites excluding steroid dienone is 3. The van der Waals surface area contributed by atoms with Crippen molar-refractivity contribution >= 4 is 11.9 Å². The third-order valence-electron chi connectivity index (χ3n) is 2.80. The molecule has 20 heavy (non-hydrogen) atoms. The van der Waals surface area contributed by atoms with Crippen LogP contribution in [0.4, 0.5) is 0 Å². The lowest BCUT2D eigenvalue weighted by Crippen LogP contribution is -2.31. The van der Waals surface area contributed by atoms with E-state index in [-0.39, 0.29) is 19.2 Å². The molecule has 5 heteroatoms. The van der Waals surface area contributed by atoms with Gasteiger partial charge in [-0.05, 0) is 27.2 Å². The van der Waals surface area contributed by atoms with Gasteiger partial charge in [-0.2, -0.15) is 0 Å². The Balaban J connectivity index is 3.98. The minimum Gasteiger partial charge on any atom is -0.462 e. The highest BCUT2D eigenvalue weighted by molar-refractivity contribution is 5.82. The van der Waals surface area contributed by atoms with Gasteiger partial charge in [0.2, 0.25) is 0 Å². The Morgan fingerprint density at radius 1 is 1.20 bits per heavy atom. The molecule has 0 rings (SSSR count). The van der Waals surface area contributed by atoms with Crippen molar-refractivity contribution in [2.75, 3.05) is 13.2 Å². The van der Waals surface area contributed by atoms with E-state index < -0.39 is 17.5 Å². The first-order chi connectivity index (χ1) is 9.33. The standard InChI is InChI=1S/C15H24O5/c1-5-7-8-9-13(17)19-10-12(16)11-20-14(18)15(3,4)6-2/h5,7-9,12,16H,6,10-11H2,1-4H3. The Kier molecular flexibility index (Phi) is 8.56. The lowest BCUT2D eigenvalue weighted by Gasteiger charge is -2.21. The van der Waals surface area contributed by atoms with Gasteiger partial charge in [-0.25, -0.2) is 4.79 Å². The van der Waals surface area contributed by atoms with Crippen molar-refractivity contribution in [1.82, 2.24) is 0 Å². The maximum atomic E-state index is 11.7. The number of rotatable bonds is 8. The van der Waals surface area contributed by atoms with Gasteiger partial charge in [0.25, 0.3) is 0 Å². The molecule has 1 N–H and O–H groups in total. The summed E-state index contributed by atoms with van der Waals surface area (Å²) in [7, 11) is 0. The molecule has 0 aromatic heterocycles. The third kappa shape index (κ3) is 7.74. The zero-order valence-electron chi connectivity index (χ0n) is 12.6. The number of esters is 2. The molecule has 0 aliphatic carbocycles. The van der Waals surface area contributed by atoms with E-state index >= 15 is 0 Å². The smallest absolute Gasteiger partial charge is 0.330 e. The number of hydrogen-bond donors (Lipinski definition) is 1. The molecule has 0 aromatic rings. The summed E-state index contributed by atoms with van der Waals surface area (Å²) in [5.41, 5.74) is -0.578. The van der Waals surface area contributed by atoms with Crippen molar-refractivity contribution in [2.24, 2.45) is 5.41 Å². The molecule has 0 radical (unpaired) electrons. The van der Waals surface area contributed by atoms with Crippen molar-refractivity contribution in [2.45, 2.75) is 40.2 Å². The first-order valence-corrected chi connectivity index (χ1v) is 6.65. The Hall–Kier alpha value is -1.62. The average Bonchev–Trinajstić information content (AvgIpc) is 2.42. The molecule has 0 aromatic carbocycles. The predicted molar refractivity (Wildman–Crippen MR) is 76.0 cm³/mol. The van der Waals surface area contributed by atoms with Gasteiger partial charge < -0.3 is 14.6 Å². The molecule has 0 aliphatic rings. The summed E-state index contributed by atoms with van der Waals surface area (Å²) < 4.78 is 9.77. The van der Waals surface area contributed by atoms with E-state index in [0.717, 1.165) is 0 Å². The highest BCUT2D eigenvalue weighted by Gasteiger charge is 2.27. The quantitative estimate of drug-likeness (QED) is 0.419. The zero-order valence-corrected chi connectivity index (χ0v) is 12.6. The Bertz CT molecular complexity index is 368. The molecule has 114 valence electrons. The van der Waals surface area contributed by atoms with E-state index in [1.807, 2.05) is 13.8 Å². The number of aliphatic hydroxyl groups is 1. The Morgan fingerprint density at radius 2 is 1.80 bits per heavy atom. The summed E-state index contributed by atoms with van der Waals surface area (Å²) in [6.07, 6.45) is 5.87. The van der Waals surface area contributed by atoms with Gasteiger partial charge in [-0.15, -0.1) is 0 Å². The second kappa shape index (κ2) is 9.31. The van der Waals surface area contributed by atoms with Crippen LogP contribution in [0.2, 0.25) is 0 Å². The van der Waals surface area contributed by atoms with Crippen molar-refractivity contribution in [1.29, 1.82) is 0 Å². The van der Waals surface area contributed by atoms with Crippen molar-refractivity contribution in [3.05, 3.63) is 24.3 Å². The maximum absolute atomic E-state index is 11.7. The van der Waals surface area contributed by atoms with Crippen LogP contribution in [-0.4, -0.2) is 36.4 Å². The SMILES string of the molecule is CC=CC=CC(=O)OCC(O)COC(=O)C(C)(C)CC. The van der Waals surface area contributed by atoms with Gasteiger partial charge in [0.15, 0.2) is 0 Å². The first kappa shape index (κ1) is 18.4. The fourth-order valence-corrected chi connectivity index (χ4v) is 1.03. The molecule has 0 bridgehead atoms. The molecule has 5 nitrogen and oxygen atoms in total.